The van der Waals surface area contributed by atoms with Crippen LogP contribution in [0.4, 0.5) is 27.6 Å². The minimum Gasteiger partial charge on any atom is -0.341 e. The van der Waals surface area contributed by atoms with Crippen molar-refractivity contribution in [3.8, 4) is 0 Å². The number of hydrogen-bond acceptors (Lipinski definition) is 2. The Hall–Kier alpha value is -3.69. The van der Waals surface area contributed by atoms with Crippen molar-refractivity contribution in [2.24, 2.45) is 0 Å². The van der Waals surface area contributed by atoms with Gasteiger partial charge in [-0.2, -0.15) is 13.2 Å². The highest BCUT2D eigenvalue weighted by Gasteiger charge is 2.36. The lowest BCUT2D eigenvalue weighted by Crippen LogP contribution is -2.21. The molecule has 11 heteroatoms. The summed E-state index contributed by atoms with van der Waals surface area (Å²) in [5.41, 5.74) is -1.37. The predicted molar refractivity (Wildman–Crippen MR) is 129 cm³/mol. The lowest BCUT2D eigenvalue weighted by atomic mass is 9.92. The summed E-state index contributed by atoms with van der Waals surface area (Å²) >= 11 is 12.4. The van der Waals surface area contributed by atoms with Crippen molar-refractivity contribution in [2.75, 3.05) is 5.32 Å². The Morgan fingerprint density at radius 3 is 2.41 bits per heavy atom. The van der Waals surface area contributed by atoms with E-state index < -0.39 is 46.8 Å². The molecule has 4 aromatic rings. The first-order chi connectivity index (χ1) is 17.4. The third-order valence-electron chi connectivity index (χ3n) is 5.94. The zero-order valence-corrected chi connectivity index (χ0v) is 19.8. The van der Waals surface area contributed by atoms with Crippen molar-refractivity contribution in [1.29, 1.82) is 0 Å². The van der Waals surface area contributed by atoms with E-state index in [4.69, 9.17) is 23.2 Å². The van der Waals surface area contributed by atoms with Crippen molar-refractivity contribution >= 4 is 51.5 Å². The fraction of sp³-hybridized carbons (Fsp3) is 0.0769. The summed E-state index contributed by atoms with van der Waals surface area (Å²) in [6, 6.07) is 10.2. The maximum Gasteiger partial charge on any atom is 0.416 e. The number of hydrogen-bond donors (Lipinski definition) is 2. The Morgan fingerprint density at radius 1 is 0.919 bits per heavy atom. The molecule has 0 radical (unpaired) electrons. The molecule has 0 aromatic heterocycles. The van der Waals surface area contributed by atoms with Crippen LogP contribution in [0.15, 0.2) is 60.7 Å². The number of carbonyl (C=O) groups excluding carboxylic acids is 2. The van der Waals surface area contributed by atoms with Crippen molar-refractivity contribution in [2.45, 2.75) is 12.2 Å². The zero-order chi connectivity index (χ0) is 26.6. The topological polar surface area (TPSA) is 58.2 Å². The van der Waals surface area contributed by atoms with Gasteiger partial charge in [0.1, 0.15) is 11.6 Å². The summed E-state index contributed by atoms with van der Waals surface area (Å²) in [5.74, 6) is -3.49. The van der Waals surface area contributed by atoms with Gasteiger partial charge in [0.15, 0.2) is 0 Å². The predicted octanol–water partition coefficient (Wildman–Crippen LogP) is 7.53. The molecular weight excluding hydrogens is 538 g/mol. The van der Waals surface area contributed by atoms with E-state index in [1.165, 1.54) is 12.1 Å². The summed E-state index contributed by atoms with van der Waals surface area (Å²) < 4.78 is 67.6. The van der Waals surface area contributed by atoms with E-state index in [9.17, 15) is 31.5 Å². The van der Waals surface area contributed by atoms with Crippen LogP contribution in [0.25, 0.3) is 10.8 Å². The fourth-order valence-corrected chi connectivity index (χ4v) is 4.75. The quantitative estimate of drug-likeness (QED) is 0.259. The molecule has 37 heavy (non-hydrogen) atoms. The minimum atomic E-state index is -4.88. The summed E-state index contributed by atoms with van der Waals surface area (Å²) in [6.07, 6.45) is -4.88. The standard InChI is InChI=1S/C26H13Cl2F5N2O2/c27-14-2-1-11-7-20(34-24(36)12-5-13(26(31,32)33)8-16(30)6-12)22-21(17(11)9-14)25(37)35-23(22)18-10-15(29)3-4-19(18)28/h1-10,23H,(H,34,36)(H,35,37). The second kappa shape index (κ2) is 9.00. The Balaban J connectivity index is 1.69. The highest BCUT2D eigenvalue weighted by Crippen LogP contribution is 2.43. The van der Waals surface area contributed by atoms with Crippen LogP contribution in [0.5, 0.6) is 0 Å². The van der Waals surface area contributed by atoms with Gasteiger partial charge in [-0.25, -0.2) is 8.78 Å². The van der Waals surface area contributed by atoms with E-state index in [0.717, 1.165) is 12.1 Å². The van der Waals surface area contributed by atoms with E-state index in [1.54, 1.807) is 18.2 Å². The molecule has 5 rings (SSSR count). The van der Waals surface area contributed by atoms with Gasteiger partial charge in [-0.05, 0) is 65.4 Å². The van der Waals surface area contributed by atoms with Gasteiger partial charge < -0.3 is 10.6 Å². The summed E-state index contributed by atoms with van der Waals surface area (Å²) in [5, 5.41) is 6.57. The lowest BCUT2D eigenvalue weighted by Gasteiger charge is -2.19. The summed E-state index contributed by atoms with van der Waals surface area (Å²) in [6.45, 7) is 0. The number of nitrogens with one attached hydrogen (secondary N) is 2. The van der Waals surface area contributed by atoms with Crippen LogP contribution in [0, 0.1) is 11.6 Å². The number of benzene rings is 4. The normalized spacial score (nSPS) is 15.0. The third-order valence-corrected chi connectivity index (χ3v) is 6.52. The molecule has 0 saturated heterocycles. The van der Waals surface area contributed by atoms with Gasteiger partial charge in [0, 0.05) is 32.4 Å². The number of halogens is 7. The van der Waals surface area contributed by atoms with Crippen molar-refractivity contribution < 1.29 is 31.5 Å². The van der Waals surface area contributed by atoms with Gasteiger partial charge >= 0.3 is 6.18 Å². The van der Waals surface area contributed by atoms with Crippen LogP contribution in [-0.2, 0) is 6.18 Å². The van der Waals surface area contributed by atoms with Crippen LogP contribution in [0.3, 0.4) is 0 Å². The van der Waals surface area contributed by atoms with Crippen molar-refractivity contribution in [3.05, 3.63) is 110 Å². The molecule has 4 aromatic carbocycles. The van der Waals surface area contributed by atoms with Crippen LogP contribution < -0.4 is 10.6 Å². The molecule has 0 fully saturated rings. The summed E-state index contributed by atoms with van der Waals surface area (Å²) in [7, 11) is 0. The second-order valence-corrected chi connectivity index (χ2v) is 9.17. The van der Waals surface area contributed by atoms with Gasteiger partial charge in [0.2, 0.25) is 0 Å². The van der Waals surface area contributed by atoms with Crippen LogP contribution in [0.1, 0.15) is 43.4 Å². The van der Waals surface area contributed by atoms with Crippen molar-refractivity contribution in [1.82, 2.24) is 5.32 Å². The summed E-state index contributed by atoms with van der Waals surface area (Å²) in [4.78, 5) is 26.1. The second-order valence-electron chi connectivity index (χ2n) is 8.33. The molecule has 0 aliphatic carbocycles. The molecule has 2 amide bonds. The molecule has 0 spiro atoms. The van der Waals surface area contributed by atoms with Gasteiger partial charge in [0.05, 0.1) is 17.2 Å². The first kappa shape index (κ1) is 25.0. The van der Waals surface area contributed by atoms with Crippen LogP contribution in [-0.4, -0.2) is 11.8 Å². The van der Waals surface area contributed by atoms with Gasteiger partial charge in [-0.15, -0.1) is 0 Å². The molecule has 0 bridgehead atoms. The minimum absolute atomic E-state index is 0.0383. The van der Waals surface area contributed by atoms with E-state index in [-0.39, 0.29) is 33.5 Å². The van der Waals surface area contributed by atoms with Crippen LogP contribution >= 0.6 is 23.2 Å². The van der Waals surface area contributed by atoms with E-state index in [1.807, 2.05) is 0 Å². The maximum atomic E-state index is 14.1. The van der Waals surface area contributed by atoms with Gasteiger partial charge in [-0.3, -0.25) is 9.59 Å². The highest BCUT2D eigenvalue weighted by atomic mass is 35.5. The Morgan fingerprint density at radius 2 is 1.68 bits per heavy atom. The third kappa shape index (κ3) is 4.60. The highest BCUT2D eigenvalue weighted by molar-refractivity contribution is 6.32. The van der Waals surface area contributed by atoms with E-state index in [2.05, 4.69) is 10.6 Å². The first-order valence-electron chi connectivity index (χ1n) is 10.6. The van der Waals surface area contributed by atoms with Gasteiger partial charge in [-0.1, -0.05) is 29.3 Å². The molecule has 1 aliphatic rings. The van der Waals surface area contributed by atoms with E-state index >= 15 is 0 Å². The Kier molecular flexibility index (Phi) is 6.08. The smallest absolute Gasteiger partial charge is 0.341 e. The number of carbonyl (C=O) groups is 2. The molecule has 0 saturated carbocycles. The number of rotatable bonds is 3. The van der Waals surface area contributed by atoms with E-state index in [0.29, 0.717) is 27.9 Å². The molecule has 1 unspecified atom stereocenters. The molecular formula is C26H13Cl2F5N2O2. The monoisotopic (exact) mass is 550 g/mol. The molecule has 188 valence electrons. The van der Waals surface area contributed by atoms with Gasteiger partial charge in [0.25, 0.3) is 11.8 Å². The van der Waals surface area contributed by atoms with Crippen LogP contribution in [0.2, 0.25) is 10.0 Å². The number of alkyl halides is 3. The average Bonchev–Trinajstić information content (AvgIpc) is 3.17. The number of amides is 2. The Labute approximate surface area is 216 Å². The maximum absolute atomic E-state index is 14.1. The largest absolute Gasteiger partial charge is 0.416 e. The first-order valence-corrected chi connectivity index (χ1v) is 11.4. The zero-order valence-electron chi connectivity index (χ0n) is 18.3. The lowest BCUT2D eigenvalue weighted by molar-refractivity contribution is -0.137. The Bertz CT molecular complexity index is 1620. The average molecular weight is 551 g/mol. The fourth-order valence-electron chi connectivity index (χ4n) is 4.36. The molecule has 1 aliphatic heterocycles. The SMILES string of the molecule is O=C(Nc1cc2ccc(Cl)cc2c2c1C(c1cc(F)ccc1Cl)NC2=O)c1cc(F)cc(C(F)(F)F)c1. The molecule has 1 heterocycles. The molecule has 1 atom stereocenters. The molecule has 4 nitrogen and oxygen atoms in total. The molecule has 2 N–H and O–H groups in total. The number of fused-ring (bicyclic) bond motifs is 3. The van der Waals surface area contributed by atoms with Crippen molar-refractivity contribution in [3.63, 3.8) is 0 Å². The number of anilines is 1.